The summed E-state index contributed by atoms with van der Waals surface area (Å²) in [6.07, 6.45) is 2.90. The quantitative estimate of drug-likeness (QED) is 0.184. The summed E-state index contributed by atoms with van der Waals surface area (Å²) < 4.78 is 29.0. The molecule has 1 heterocycles. The van der Waals surface area contributed by atoms with Crippen LogP contribution in [-0.2, 0) is 19.4 Å². The van der Waals surface area contributed by atoms with Crippen molar-refractivity contribution in [3.05, 3.63) is 64.1 Å². The van der Waals surface area contributed by atoms with Crippen molar-refractivity contribution in [2.75, 3.05) is 23.8 Å². The molecule has 0 radical (unpaired) electrons. The highest BCUT2D eigenvalue weighted by Crippen LogP contribution is 2.34. The van der Waals surface area contributed by atoms with Crippen molar-refractivity contribution >= 4 is 67.6 Å². The Hall–Kier alpha value is -2.73. The van der Waals surface area contributed by atoms with Crippen molar-refractivity contribution in [2.24, 2.45) is 0 Å². The molecule has 2 aromatic carbocycles. The Morgan fingerprint density at radius 1 is 1.19 bits per heavy atom. The van der Waals surface area contributed by atoms with E-state index in [1.165, 1.54) is 23.9 Å². The zero-order valence-electron chi connectivity index (χ0n) is 20.0. The molecular formula is C24H25ClN4O4S3. The van der Waals surface area contributed by atoms with Gasteiger partial charge >= 0.3 is 5.97 Å². The number of hydrogen-bond donors (Lipinski definition) is 2. The predicted octanol–water partition coefficient (Wildman–Crippen LogP) is 5.63. The first kappa shape index (κ1) is 27.9. The summed E-state index contributed by atoms with van der Waals surface area (Å²) in [6.45, 7) is 4.09. The second-order valence-electron chi connectivity index (χ2n) is 7.98. The first-order valence-corrected chi connectivity index (χ1v) is 15.2. The molecule has 0 saturated heterocycles. The molecule has 0 saturated carbocycles. The zero-order valence-corrected chi connectivity index (χ0v) is 23.2. The zero-order chi connectivity index (χ0) is 26.5. The molecule has 0 atom stereocenters. The number of sulfone groups is 1. The third kappa shape index (κ3) is 6.73. The van der Waals surface area contributed by atoms with Gasteiger partial charge in [0.05, 0.1) is 15.6 Å². The Kier molecular flexibility index (Phi) is 9.29. The highest BCUT2D eigenvalue weighted by Gasteiger charge is 2.24. The lowest BCUT2D eigenvalue weighted by Gasteiger charge is -2.17. The Morgan fingerprint density at radius 2 is 1.92 bits per heavy atom. The fourth-order valence-electron chi connectivity index (χ4n) is 3.15. The van der Waals surface area contributed by atoms with Gasteiger partial charge in [-0.3, -0.25) is 5.41 Å². The summed E-state index contributed by atoms with van der Waals surface area (Å²) in [5.74, 6) is -0.593. The number of aromatic nitrogens is 2. The average molecular weight is 565 g/mol. The molecule has 190 valence electrons. The number of benzene rings is 2. The summed E-state index contributed by atoms with van der Waals surface area (Å²) in [6, 6.07) is 14.0. The van der Waals surface area contributed by atoms with E-state index < -0.39 is 21.5 Å². The van der Waals surface area contributed by atoms with E-state index >= 15 is 0 Å². The van der Waals surface area contributed by atoms with E-state index in [4.69, 9.17) is 21.7 Å². The topological polar surface area (TPSA) is 122 Å². The molecule has 0 bridgehead atoms. The number of nitrogens with one attached hydrogen (secondary N) is 2. The highest BCUT2D eigenvalue weighted by molar-refractivity contribution is 7.98. The van der Waals surface area contributed by atoms with Crippen LogP contribution in [-0.4, -0.2) is 48.7 Å². The number of hydrogen-bond acceptors (Lipinski definition) is 10. The molecule has 12 heteroatoms. The molecule has 3 aromatic rings. The number of ether oxygens (including phenoxy) is 1. The third-order valence-electron chi connectivity index (χ3n) is 4.94. The van der Waals surface area contributed by atoms with Gasteiger partial charge in [-0.15, -0.1) is 22.0 Å². The molecule has 0 aliphatic rings. The highest BCUT2D eigenvalue weighted by atomic mass is 35.5. The van der Waals surface area contributed by atoms with E-state index in [1.54, 1.807) is 18.4 Å². The summed E-state index contributed by atoms with van der Waals surface area (Å²) >= 11 is 9.02. The maximum Gasteiger partial charge on any atom is 0.358 e. The van der Waals surface area contributed by atoms with Gasteiger partial charge in [0.2, 0.25) is 0 Å². The van der Waals surface area contributed by atoms with Crippen LogP contribution in [0.15, 0.2) is 58.5 Å². The van der Waals surface area contributed by atoms with Crippen LogP contribution in [0, 0.1) is 5.41 Å². The summed E-state index contributed by atoms with van der Waals surface area (Å²) in [4.78, 5) is 12.5. The molecular weight excluding hydrogens is 540 g/mol. The lowest BCUT2D eigenvalue weighted by molar-refractivity contribution is -0.133. The van der Waals surface area contributed by atoms with Crippen LogP contribution in [0.1, 0.15) is 30.3 Å². The van der Waals surface area contributed by atoms with Crippen molar-refractivity contribution in [3.8, 4) is 10.6 Å². The molecule has 0 amide bonds. The maximum absolute atomic E-state index is 12.4. The van der Waals surface area contributed by atoms with Crippen molar-refractivity contribution in [1.29, 1.82) is 5.41 Å². The van der Waals surface area contributed by atoms with Crippen molar-refractivity contribution in [2.45, 2.75) is 24.7 Å². The first-order chi connectivity index (χ1) is 17.0. The summed E-state index contributed by atoms with van der Waals surface area (Å²) in [5.41, 5.74) is 2.00. The van der Waals surface area contributed by atoms with Gasteiger partial charge in [0, 0.05) is 17.5 Å². The molecule has 8 nitrogen and oxygen atoms in total. The van der Waals surface area contributed by atoms with E-state index in [9.17, 15) is 13.2 Å². The van der Waals surface area contributed by atoms with Gasteiger partial charge in [-0.1, -0.05) is 67.1 Å². The van der Waals surface area contributed by atoms with E-state index in [0.717, 1.165) is 28.8 Å². The van der Waals surface area contributed by atoms with Crippen LogP contribution < -0.4 is 5.32 Å². The molecule has 0 unspecified atom stereocenters. The van der Waals surface area contributed by atoms with Crippen LogP contribution in [0.3, 0.4) is 0 Å². The molecule has 3 rings (SSSR count). The lowest BCUT2D eigenvalue weighted by Crippen LogP contribution is -2.19. The van der Waals surface area contributed by atoms with Gasteiger partial charge < -0.3 is 10.1 Å². The number of carbonyl (C=O) groups is 1. The number of carbonyl (C=O) groups excluding carboxylic acids is 1. The number of thioether (sulfide) groups is 1. The number of rotatable bonds is 10. The van der Waals surface area contributed by atoms with Gasteiger partial charge in [0.1, 0.15) is 10.9 Å². The minimum Gasteiger partial charge on any atom is -0.450 e. The van der Waals surface area contributed by atoms with Gasteiger partial charge in [0.25, 0.3) is 0 Å². The van der Waals surface area contributed by atoms with E-state index in [-0.39, 0.29) is 27.5 Å². The number of halogens is 1. The van der Waals surface area contributed by atoms with Crippen LogP contribution in [0.5, 0.6) is 0 Å². The lowest BCUT2D eigenvalue weighted by atomic mass is 10.0. The summed E-state index contributed by atoms with van der Waals surface area (Å²) in [5, 5.41) is 20.6. The Bertz CT molecular complexity index is 1420. The van der Waals surface area contributed by atoms with E-state index in [2.05, 4.69) is 15.5 Å². The fourth-order valence-corrected chi connectivity index (χ4v) is 5.16. The Balaban J connectivity index is 2.09. The molecule has 0 aliphatic heterocycles. The minimum absolute atomic E-state index is 0.0873. The normalized spacial score (nSPS) is 12.3. The molecule has 2 N–H and O–H groups in total. The summed E-state index contributed by atoms with van der Waals surface area (Å²) in [7, 11) is -3.41. The number of para-hydroxylation sites is 1. The van der Waals surface area contributed by atoms with Crippen molar-refractivity contribution in [3.63, 3.8) is 0 Å². The van der Waals surface area contributed by atoms with Crippen LogP contribution in [0.25, 0.3) is 16.3 Å². The SMILES string of the molecule is CSCOC(=O)C(=N)/C(Cl)=C(\Nc1ccccc1C(C)C)c1nnc(-c2cccc(S(C)(=O)=O)c2)s1. The Labute approximate surface area is 223 Å². The number of esters is 1. The molecule has 0 fully saturated rings. The van der Waals surface area contributed by atoms with Gasteiger partial charge in [-0.05, 0) is 35.9 Å². The fraction of sp³-hybridized carbons (Fsp3) is 0.250. The van der Waals surface area contributed by atoms with Crippen molar-refractivity contribution in [1.82, 2.24) is 10.2 Å². The first-order valence-electron chi connectivity index (χ1n) is 10.7. The van der Waals surface area contributed by atoms with Crippen molar-refractivity contribution < 1.29 is 17.9 Å². The standard InChI is InChI=1S/C24H25ClN4O4S3/c1-14(2)17-10-5-6-11-18(17)27-21(19(25)20(26)24(30)33-13-34-3)23-29-28-22(35-23)15-8-7-9-16(12-15)36(4,31)32/h5-12,14,26-27H,13H2,1-4H3/b21-19+,26-20?. The number of anilines is 1. The number of nitrogens with zero attached hydrogens (tertiary/aromatic N) is 2. The van der Waals surface area contributed by atoms with Gasteiger partial charge in [0.15, 0.2) is 20.6 Å². The largest absolute Gasteiger partial charge is 0.450 e. The predicted molar refractivity (Wildman–Crippen MR) is 148 cm³/mol. The van der Waals surface area contributed by atoms with Crippen LogP contribution >= 0.6 is 34.7 Å². The second-order valence-corrected chi connectivity index (χ2v) is 12.2. The van der Waals surface area contributed by atoms with E-state index in [1.807, 2.05) is 38.1 Å². The maximum atomic E-state index is 12.4. The van der Waals surface area contributed by atoms with Gasteiger partial charge in [-0.2, -0.15) is 0 Å². The van der Waals surface area contributed by atoms with Crippen LogP contribution in [0.4, 0.5) is 5.69 Å². The monoisotopic (exact) mass is 564 g/mol. The van der Waals surface area contributed by atoms with Crippen LogP contribution in [0.2, 0.25) is 0 Å². The van der Waals surface area contributed by atoms with E-state index in [0.29, 0.717) is 15.6 Å². The third-order valence-corrected chi connectivity index (χ3v) is 7.77. The smallest absolute Gasteiger partial charge is 0.358 e. The second kappa shape index (κ2) is 12.0. The minimum atomic E-state index is -3.41. The van der Waals surface area contributed by atoms with Gasteiger partial charge in [-0.25, -0.2) is 13.2 Å². The molecule has 1 aromatic heterocycles. The average Bonchev–Trinajstić information content (AvgIpc) is 3.34. The molecule has 0 aliphatic carbocycles. The Morgan fingerprint density at radius 3 is 2.58 bits per heavy atom. The molecule has 0 spiro atoms. The molecule has 36 heavy (non-hydrogen) atoms.